The molecule has 6 nitrogen and oxygen atoms in total. The van der Waals surface area contributed by atoms with Gasteiger partial charge in [0.25, 0.3) is 5.97 Å². The van der Waals surface area contributed by atoms with Crippen LogP contribution in [0.15, 0.2) is 0 Å². The van der Waals surface area contributed by atoms with Gasteiger partial charge in [-0.3, -0.25) is 9.59 Å². The molecule has 3 saturated heterocycles. The highest BCUT2D eigenvalue weighted by Crippen LogP contribution is 2.38. The standard InChI is InChI=1S/C15H26N2O2.C2H4O2/c18-14(10-13-2-9-19-11-13)17-8-1-3-15(12-17)4-6-16-7-5-15;1-2(3)4/h13,16H,1-12H2;1H3,(H,3,4). The molecule has 0 aliphatic carbocycles. The first-order valence-electron chi connectivity index (χ1n) is 8.76. The molecule has 0 aromatic carbocycles. The van der Waals surface area contributed by atoms with Crippen molar-refractivity contribution in [2.24, 2.45) is 11.3 Å². The average molecular weight is 326 g/mol. The summed E-state index contributed by atoms with van der Waals surface area (Å²) in [5, 5.41) is 10.9. The van der Waals surface area contributed by atoms with E-state index < -0.39 is 5.97 Å². The molecule has 1 amide bonds. The fourth-order valence-electron chi connectivity index (χ4n) is 3.91. The largest absolute Gasteiger partial charge is 0.481 e. The Morgan fingerprint density at radius 1 is 1.30 bits per heavy atom. The molecule has 3 rings (SSSR count). The lowest BCUT2D eigenvalue weighted by molar-refractivity contribution is -0.136. The van der Waals surface area contributed by atoms with E-state index in [-0.39, 0.29) is 0 Å². The van der Waals surface area contributed by atoms with Crippen molar-refractivity contribution in [3.05, 3.63) is 0 Å². The first kappa shape index (κ1) is 18.2. The molecule has 0 bridgehead atoms. The zero-order valence-corrected chi connectivity index (χ0v) is 14.2. The summed E-state index contributed by atoms with van der Waals surface area (Å²) >= 11 is 0. The molecule has 0 aromatic heterocycles. The summed E-state index contributed by atoms with van der Waals surface area (Å²) < 4.78 is 5.38. The molecule has 0 saturated carbocycles. The van der Waals surface area contributed by atoms with Crippen LogP contribution in [0.5, 0.6) is 0 Å². The molecule has 0 radical (unpaired) electrons. The zero-order chi connectivity index (χ0) is 16.7. The smallest absolute Gasteiger partial charge is 0.300 e. The highest BCUT2D eigenvalue weighted by atomic mass is 16.5. The molecular formula is C17H30N2O4. The minimum atomic E-state index is -0.833. The third-order valence-electron chi connectivity index (χ3n) is 5.17. The van der Waals surface area contributed by atoms with Crippen LogP contribution in [0, 0.1) is 11.3 Å². The Balaban J connectivity index is 0.000000433. The van der Waals surface area contributed by atoms with Crippen molar-refractivity contribution in [3.8, 4) is 0 Å². The van der Waals surface area contributed by atoms with E-state index in [9.17, 15) is 4.79 Å². The summed E-state index contributed by atoms with van der Waals surface area (Å²) in [6.07, 6.45) is 6.74. The second kappa shape index (κ2) is 8.64. The van der Waals surface area contributed by atoms with Gasteiger partial charge in [0.05, 0.1) is 0 Å². The van der Waals surface area contributed by atoms with Crippen molar-refractivity contribution < 1.29 is 19.4 Å². The number of nitrogens with one attached hydrogen (secondary N) is 1. The van der Waals surface area contributed by atoms with Crippen molar-refractivity contribution >= 4 is 11.9 Å². The molecule has 23 heavy (non-hydrogen) atoms. The number of rotatable bonds is 2. The van der Waals surface area contributed by atoms with E-state index in [0.717, 1.165) is 52.7 Å². The Hall–Kier alpha value is -1.14. The van der Waals surface area contributed by atoms with Gasteiger partial charge < -0.3 is 20.1 Å². The first-order chi connectivity index (χ1) is 11.0. The number of carbonyl (C=O) groups excluding carboxylic acids is 1. The van der Waals surface area contributed by atoms with Crippen molar-refractivity contribution in [1.82, 2.24) is 10.2 Å². The molecule has 1 unspecified atom stereocenters. The minimum Gasteiger partial charge on any atom is -0.481 e. The number of carbonyl (C=O) groups is 2. The van der Waals surface area contributed by atoms with E-state index in [1.807, 2.05) is 0 Å². The van der Waals surface area contributed by atoms with Gasteiger partial charge in [0.2, 0.25) is 5.91 Å². The summed E-state index contributed by atoms with van der Waals surface area (Å²) in [6.45, 7) is 6.93. The molecule has 2 N–H and O–H groups in total. The highest BCUT2D eigenvalue weighted by molar-refractivity contribution is 5.76. The number of aliphatic carboxylic acids is 1. The Morgan fingerprint density at radius 3 is 2.61 bits per heavy atom. The Bertz CT molecular complexity index is 392. The van der Waals surface area contributed by atoms with Gasteiger partial charge >= 0.3 is 0 Å². The maximum absolute atomic E-state index is 12.4. The first-order valence-corrected chi connectivity index (χ1v) is 8.76. The number of hydrogen-bond donors (Lipinski definition) is 2. The predicted molar refractivity (Wildman–Crippen MR) is 87.2 cm³/mol. The second-order valence-electron chi connectivity index (χ2n) is 7.12. The van der Waals surface area contributed by atoms with Gasteiger partial charge in [-0.15, -0.1) is 0 Å². The number of carboxylic acids is 1. The molecule has 3 aliphatic heterocycles. The molecule has 3 fully saturated rings. The fourth-order valence-corrected chi connectivity index (χ4v) is 3.91. The fraction of sp³-hybridized carbons (Fsp3) is 0.882. The van der Waals surface area contributed by atoms with Crippen LogP contribution in [0.4, 0.5) is 0 Å². The lowest BCUT2D eigenvalue weighted by Gasteiger charge is -2.45. The van der Waals surface area contributed by atoms with Crippen LogP contribution < -0.4 is 5.32 Å². The average Bonchev–Trinajstić information content (AvgIpc) is 3.00. The van der Waals surface area contributed by atoms with E-state index in [1.54, 1.807) is 0 Å². The van der Waals surface area contributed by atoms with Crippen molar-refractivity contribution in [1.29, 1.82) is 0 Å². The van der Waals surface area contributed by atoms with Gasteiger partial charge in [0.15, 0.2) is 0 Å². The number of hydrogen-bond acceptors (Lipinski definition) is 4. The normalized spacial score (nSPS) is 26.5. The third-order valence-corrected chi connectivity index (χ3v) is 5.17. The van der Waals surface area contributed by atoms with Crippen molar-refractivity contribution in [3.63, 3.8) is 0 Å². The van der Waals surface area contributed by atoms with E-state index in [4.69, 9.17) is 14.6 Å². The summed E-state index contributed by atoms with van der Waals surface area (Å²) in [5.74, 6) is 0.00602. The highest BCUT2D eigenvalue weighted by Gasteiger charge is 2.38. The Labute approximate surface area is 138 Å². The second-order valence-corrected chi connectivity index (χ2v) is 7.12. The lowest BCUT2D eigenvalue weighted by Crippen LogP contribution is -2.50. The van der Waals surface area contributed by atoms with Crippen LogP contribution in [0.2, 0.25) is 0 Å². The quantitative estimate of drug-likeness (QED) is 0.804. The van der Waals surface area contributed by atoms with E-state index in [1.165, 1.54) is 25.7 Å². The molecule has 3 aliphatic rings. The Morgan fingerprint density at radius 2 is 2.00 bits per heavy atom. The summed E-state index contributed by atoms with van der Waals surface area (Å²) in [6, 6.07) is 0. The number of amides is 1. The third kappa shape index (κ3) is 5.77. The maximum Gasteiger partial charge on any atom is 0.300 e. The molecule has 1 atom stereocenters. The molecule has 1 spiro atoms. The van der Waals surface area contributed by atoms with Gasteiger partial charge in [-0.1, -0.05) is 0 Å². The van der Waals surface area contributed by atoms with Crippen LogP contribution in [0.1, 0.15) is 45.4 Å². The van der Waals surface area contributed by atoms with Gasteiger partial charge in [-0.25, -0.2) is 0 Å². The zero-order valence-electron chi connectivity index (χ0n) is 14.2. The number of likely N-dealkylation sites (tertiary alicyclic amines) is 1. The maximum atomic E-state index is 12.4. The van der Waals surface area contributed by atoms with Crippen molar-refractivity contribution in [2.45, 2.75) is 45.4 Å². The van der Waals surface area contributed by atoms with Crippen LogP contribution in [0.25, 0.3) is 0 Å². The summed E-state index contributed by atoms with van der Waals surface area (Å²) in [7, 11) is 0. The molecule has 6 heteroatoms. The SMILES string of the molecule is CC(=O)O.O=C(CC1CCOC1)N1CCCC2(CCNCC2)C1. The summed E-state index contributed by atoms with van der Waals surface area (Å²) in [5.41, 5.74) is 0.422. The molecule has 0 aromatic rings. The Kier molecular flexibility index (Phi) is 6.84. The number of piperidine rings is 2. The van der Waals surface area contributed by atoms with Gasteiger partial charge in [0.1, 0.15) is 0 Å². The molecule has 3 heterocycles. The number of ether oxygens (including phenoxy) is 1. The van der Waals surface area contributed by atoms with Crippen molar-refractivity contribution in [2.75, 3.05) is 39.4 Å². The predicted octanol–water partition coefficient (Wildman–Crippen LogP) is 1.50. The lowest BCUT2D eigenvalue weighted by atomic mass is 9.73. The molecule has 132 valence electrons. The summed E-state index contributed by atoms with van der Waals surface area (Å²) in [4.78, 5) is 23.6. The van der Waals surface area contributed by atoms with Crippen LogP contribution in [-0.4, -0.2) is 61.3 Å². The van der Waals surface area contributed by atoms with Gasteiger partial charge in [0, 0.05) is 39.6 Å². The number of nitrogens with zero attached hydrogens (tertiary/aromatic N) is 1. The van der Waals surface area contributed by atoms with Gasteiger partial charge in [-0.2, -0.15) is 0 Å². The van der Waals surface area contributed by atoms with E-state index in [0.29, 0.717) is 23.7 Å². The topological polar surface area (TPSA) is 78.9 Å². The van der Waals surface area contributed by atoms with E-state index in [2.05, 4.69) is 10.2 Å². The van der Waals surface area contributed by atoms with Crippen LogP contribution >= 0.6 is 0 Å². The van der Waals surface area contributed by atoms with Crippen LogP contribution in [-0.2, 0) is 14.3 Å². The van der Waals surface area contributed by atoms with E-state index >= 15 is 0 Å². The monoisotopic (exact) mass is 326 g/mol. The molecular weight excluding hydrogens is 296 g/mol. The minimum absolute atomic E-state index is 0.369. The van der Waals surface area contributed by atoms with Crippen LogP contribution in [0.3, 0.4) is 0 Å². The number of carboxylic acid groups (broad SMARTS) is 1. The van der Waals surface area contributed by atoms with Gasteiger partial charge in [-0.05, 0) is 56.5 Å².